The Morgan fingerprint density at radius 2 is 1.80 bits per heavy atom. The summed E-state index contributed by atoms with van der Waals surface area (Å²) in [5.41, 5.74) is 2.69. The summed E-state index contributed by atoms with van der Waals surface area (Å²) in [4.78, 5) is 18.4. The standard InChI is InChI=1S/C28H38N6O/c1-23-9-7-10-25(21-23)34-28(33-17-5-6-18-33)26(22-30-34)27(35)29-13-8-14-31-19-11-24(12-20-31)32-15-3-2-4-16-32/h5-7,9-10,17-18,21-22,24H,2-4,8,11-16,19-20H2,1H3,(H,29,35). The zero-order chi connectivity index (χ0) is 24.0. The lowest BCUT2D eigenvalue weighted by Gasteiger charge is -2.40. The summed E-state index contributed by atoms with van der Waals surface area (Å²) < 4.78 is 3.80. The molecule has 2 fully saturated rings. The Kier molecular flexibility index (Phi) is 7.64. The van der Waals surface area contributed by atoms with Gasteiger partial charge in [-0.3, -0.25) is 4.79 Å². The van der Waals surface area contributed by atoms with Crippen molar-refractivity contribution >= 4 is 5.91 Å². The molecule has 186 valence electrons. The van der Waals surface area contributed by atoms with E-state index in [0.717, 1.165) is 36.1 Å². The molecule has 0 atom stereocenters. The lowest BCUT2D eigenvalue weighted by Crippen LogP contribution is -2.47. The third-order valence-electron chi connectivity index (χ3n) is 7.48. The third kappa shape index (κ3) is 5.68. The number of benzene rings is 1. The molecule has 3 aromatic rings. The van der Waals surface area contributed by atoms with Crippen LogP contribution in [-0.4, -0.2) is 75.4 Å². The molecule has 2 aliphatic heterocycles. The molecule has 7 heteroatoms. The first kappa shape index (κ1) is 23.8. The van der Waals surface area contributed by atoms with Crippen LogP contribution in [0.25, 0.3) is 11.5 Å². The van der Waals surface area contributed by atoms with E-state index in [-0.39, 0.29) is 5.91 Å². The van der Waals surface area contributed by atoms with Crippen LogP contribution in [0.4, 0.5) is 0 Å². The van der Waals surface area contributed by atoms with Gasteiger partial charge in [-0.15, -0.1) is 0 Å². The molecule has 2 aromatic heterocycles. The Labute approximate surface area is 208 Å². The summed E-state index contributed by atoms with van der Waals surface area (Å²) in [6, 6.07) is 12.9. The first-order chi connectivity index (χ1) is 17.2. The Morgan fingerprint density at radius 3 is 2.54 bits per heavy atom. The van der Waals surface area contributed by atoms with Gasteiger partial charge in [-0.05, 0) is 102 Å². The van der Waals surface area contributed by atoms with Crippen molar-refractivity contribution in [1.82, 2.24) is 29.5 Å². The molecule has 0 unspecified atom stereocenters. The molecule has 0 bridgehead atoms. The van der Waals surface area contributed by atoms with Gasteiger partial charge in [-0.1, -0.05) is 18.6 Å². The van der Waals surface area contributed by atoms with Crippen molar-refractivity contribution in [2.75, 3.05) is 39.3 Å². The molecule has 4 heterocycles. The van der Waals surface area contributed by atoms with Crippen LogP contribution in [0.5, 0.6) is 0 Å². The Balaban J connectivity index is 1.15. The lowest BCUT2D eigenvalue weighted by molar-refractivity contribution is 0.0903. The van der Waals surface area contributed by atoms with Crippen LogP contribution >= 0.6 is 0 Å². The minimum absolute atomic E-state index is 0.0728. The summed E-state index contributed by atoms with van der Waals surface area (Å²) in [6.45, 7) is 8.72. The Morgan fingerprint density at radius 1 is 1.03 bits per heavy atom. The molecule has 1 N–H and O–H groups in total. The van der Waals surface area contributed by atoms with Gasteiger partial charge in [0.2, 0.25) is 0 Å². The van der Waals surface area contributed by atoms with E-state index in [1.54, 1.807) is 6.20 Å². The van der Waals surface area contributed by atoms with E-state index in [9.17, 15) is 4.79 Å². The highest BCUT2D eigenvalue weighted by atomic mass is 16.1. The van der Waals surface area contributed by atoms with Crippen molar-refractivity contribution < 1.29 is 4.79 Å². The van der Waals surface area contributed by atoms with Gasteiger partial charge in [0.25, 0.3) is 5.91 Å². The van der Waals surface area contributed by atoms with Crippen molar-refractivity contribution in [2.45, 2.75) is 51.5 Å². The average molecular weight is 475 g/mol. The van der Waals surface area contributed by atoms with Gasteiger partial charge in [0.05, 0.1) is 11.9 Å². The smallest absolute Gasteiger partial charge is 0.256 e. The number of hydrogen-bond acceptors (Lipinski definition) is 4. The van der Waals surface area contributed by atoms with Crippen molar-refractivity contribution in [3.05, 3.63) is 66.1 Å². The zero-order valence-corrected chi connectivity index (χ0v) is 20.9. The van der Waals surface area contributed by atoms with E-state index in [0.29, 0.717) is 12.1 Å². The van der Waals surface area contributed by atoms with E-state index >= 15 is 0 Å². The van der Waals surface area contributed by atoms with Crippen molar-refractivity contribution in [3.63, 3.8) is 0 Å². The molecule has 2 saturated heterocycles. The number of piperidine rings is 2. The molecule has 5 rings (SSSR count). The van der Waals surface area contributed by atoms with Crippen molar-refractivity contribution in [1.29, 1.82) is 0 Å². The predicted molar refractivity (Wildman–Crippen MR) is 139 cm³/mol. The summed E-state index contributed by atoms with van der Waals surface area (Å²) >= 11 is 0. The predicted octanol–water partition coefficient (Wildman–Crippen LogP) is 4.04. The zero-order valence-electron chi connectivity index (χ0n) is 20.9. The Hall–Kier alpha value is -2.90. The van der Waals surface area contributed by atoms with Gasteiger partial charge >= 0.3 is 0 Å². The largest absolute Gasteiger partial charge is 0.352 e. The topological polar surface area (TPSA) is 58.3 Å². The maximum atomic E-state index is 13.1. The second kappa shape index (κ2) is 11.2. The SMILES string of the molecule is Cc1cccc(-n2ncc(C(=O)NCCCN3CCC(N4CCCCC4)CC3)c2-n2cccc2)c1. The molecule has 35 heavy (non-hydrogen) atoms. The minimum atomic E-state index is -0.0728. The van der Waals surface area contributed by atoms with Gasteiger partial charge in [-0.2, -0.15) is 5.10 Å². The number of nitrogens with one attached hydrogen (secondary N) is 1. The fourth-order valence-corrected chi connectivity index (χ4v) is 5.57. The quantitative estimate of drug-likeness (QED) is 0.501. The van der Waals surface area contributed by atoms with Crippen LogP contribution in [0.3, 0.4) is 0 Å². The van der Waals surface area contributed by atoms with E-state index in [1.807, 2.05) is 45.9 Å². The van der Waals surface area contributed by atoms with Gasteiger partial charge in [-0.25, -0.2) is 4.68 Å². The van der Waals surface area contributed by atoms with Crippen LogP contribution in [0.15, 0.2) is 55.0 Å². The number of hydrogen-bond donors (Lipinski definition) is 1. The number of carbonyl (C=O) groups is 1. The molecule has 0 radical (unpaired) electrons. The normalized spacial score (nSPS) is 18.1. The second-order valence-electron chi connectivity index (χ2n) is 10.0. The van der Waals surface area contributed by atoms with Crippen LogP contribution < -0.4 is 5.32 Å². The van der Waals surface area contributed by atoms with Crippen LogP contribution in [0.2, 0.25) is 0 Å². The molecular weight excluding hydrogens is 436 g/mol. The molecule has 0 spiro atoms. The van der Waals surface area contributed by atoms with E-state index < -0.39 is 0 Å². The maximum absolute atomic E-state index is 13.1. The number of carbonyl (C=O) groups excluding carboxylic acids is 1. The van der Waals surface area contributed by atoms with Crippen molar-refractivity contribution in [2.24, 2.45) is 0 Å². The highest BCUT2D eigenvalue weighted by Crippen LogP contribution is 2.22. The molecule has 1 aromatic carbocycles. The first-order valence-corrected chi connectivity index (χ1v) is 13.2. The van der Waals surface area contributed by atoms with E-state index in [4.69, 9.17) is 0 Å². The van der Waals surface area contributed by atoms with E-state index in [2.05, 4.69) is 39.3 Å². The maximum Gasteiger partial charge on any atom is 0.256 e. The number of rotatable bonds is 8. The molecule has 0 saturated carbocycles. The third-order valence-corrected chi connectivity index (χ3v) is 7.48. The van der Waals surface area contributed by atoms with Crippen LogP contribution in [0.1, 0.15) is 54.4 Å². The molecule has 7 nitrogen and oxygen atoms in total. The van der Waals surface area contributed by atoms with Crippen molar-refractivity contribution in [3.8, 4) is 11.5 Å². The highest BCUT2D eigenvalue weighted by Gasteiger charge is 2.25. The fraction of sp³-hybridized carbons (Fsp3) is 0.500. The number of likely N-dealkylation sites (tertiary alicyclic amines) is 2. The molecule has 1 amide bonds. The lowest BCUT2D eigenvalue weighted by atomic mass is 10.00. The minimum Gasteiger partial charge on any atom is -0.352 e. The van der Waals surface area contributed by atoms with Crippen LogP contribution in [-0.2, 0) is 0 Å². The fourth-order valence-electron chi connectivity index (χ4n) is 5.57. The van der Waals surface area contributed by atoms with Gasteiger partial charge in [0, 0.05) is 25.0 Å². The van der Waals surface area contributed by atoms with E-state index in [1.165, 1.54) is 58.3 Å². The Bertz CT molecular complexity index is 1090. The number of aryl methyl sites for hydroxylation is 1. The number of amides is 1. The summed E-state index contributed by atoms with van der Waals surface area (Å²) in [5.74, 6) is 0.689. The first-order valence-electron chi connectivity index (χ1n) is 13.2. The van der Waals surface area contributed by atoms with Gasteiger partial charge < -0.3 is 19.7 Å². The number of nitrogens with zero attached hydrogens (tertiary/aromatic N) is 5. The second-order valence-corrected chi connectivity index (χ2v) is 10.0. The molecule has 0 aliphatic carbocycles. The number of aromatic nitrogens is 3. The summed E-state index contributed by atoms with van der Waals surface area (Å²) in [6.07, 6.45) is 13.3. The van der Waals surface area contributed by atoms with Gasteiger partial charge in [0.15, 0.2) is 5.82 Å². The monoisotopic (exact) mass is 474 g/mol. The molecular formula is C28H38N6O. The van der Waals surface area contributed by atoms with Gasteiger partial charge in [0.1, 0.15) is 5.56 Å². The average Bonchev–Trinajstić information content (AvgIpc) is 3.57. The molecule has 2 aliphatic rings. The summed E-state index contributed by atoms with van der Waals surface area (Å²) in [5, 5.41) is 7.71. The summed E-state index contributed by atoms with van der Waals surface area (Å²) in [7, 11) is 0. The highest BCUT2D eigenvalue weighted by molar-refractivity contribution is 5.97. The van der Waals surface area contributed by atoms with Crippen LogP contribution in [0, 0.1) is 6.92 Å².